The van der Waals surface area contributed by atoms with E-state index in [4.69, 9.17) is 9.26 Å². The van der Waals surface area contributed by atoms with Gasteiger partial charge >= 0.3 is 5.97 Å². The topological polar surface area (TPSA) is 69.4 Å². The lowest BCUT2D eigenvalue weighted by molar-refractivity contribution is -0.939. The molecule has 2 bridgehead atoms. The summed E-state index contributed by atoms with van der Waals surface area (Å²) in [4.78, 5) is 26.6. The summed E-state index contributed by atoms with van der Waals surface area (Å²) in [6.07, 6.45) is 9.98. The van der Waals surface area contributed by atoms with E-state index in [-0.39, 0.29) is 17.9 Å². The standard InChI is InChI=1S/C27H35N2O4/c30-24(18-23-12-17-32-28-23)19-29-15-10-21(11-16-29)25(20-29)33-26(31)27(13-6-1-2-7-14-27)22-8-4-3-5-9-22/h3-5,8-9,12,17,21,25H,1-2,6-7,10-11,13-16,18-20H2/q+1/t21?,25-,29?/m0/s1. The third-order valence-electron chi connectivity index (χ3n) is 8.36. The Morgan fingerprint density at radius 2 is 1.76 bits per heavy atom. The zero-order chi connectivity index (χ0) is 22.7. The fraction of sp³-hybridized carbons (Fsp3) is 0.593. The zero-order valence-corrected chi connectivity index (χ0v) is 19.4. The number of benzene rings is 1. The maximum absolute atomic E-state index is 13.8. The number of carbonyl (C=O) groups is 2. The van der Waals surface area contributed by atoms with Crippen LogP contribution in [-0.2, 0) is 26.2 Å². The molecule has 176 valence electrons. The summed E-state index contributed by atoms with van der Waals surface area (Å²) in [6.45, 7) is 3.23. The van der Waals surface area contributed by atoms with Crippen LogP contribution in [-0.4, -0.2) is 53.7 Å². The number of carbonyl (C=O) groups excluding carboxylic acids is 2. The van der Waals surface area contributed by atoms with Crippen molar-refractivity contribution in [2.24, 2.45) is 5.92 Å². The summed E-state index contributed by atoms with van der Waals surface area (Å²) < 4.78 is 12.0. The highest BCUT2D eigenvalue weighted by Gasteiger charge is 2.50. The first-order chi connectivity index (χ1) is 16.1. The van der Waals surface area contributed by atoms with Crippen molar-refractivity contribution in [3.63, 3.8) is 0 Å². The van der Waals surface area contributed by atoms with Crippen LogP contribution in [0, 0.1) is 5.92 Å². The van der Waals surface area contributed by atoms with Gasteiger partial charge < -0.3 is 13.7 Å². The van der Waals surface area contributed by atoms with Crippen molar-refractivity contribution in [1.29, 1.82) is 0 Å². The minimum atomic E-state index is -0.530. The van der Waals surface area contributed by atoms with Crippen LogP contribution in [0.2, 0.25) is 0 Å². The largest absolute Gasteiger partial charge is 0.455 e. The number of Topliss-reactive ketones (excluding diaryl/α,β-unsaturated/α-hetero) is 1. The van der Waals surface area contributed by atoms with Gasteiger partial charge in [-0.3, -0.25) is 9.59 Å². The number of rotatable bonds is 7. The maximum atomic E-state index is 13.8. The molecule has 1 aromatic heterocycles. The van der Waals surface area contributed by atoms with Gasteiger partial charge in [0.25, 0.3) is 0 Å². The SMILES string of the molecule is O=C(Cc1ccon1)C[N+]12CCC(CC1)[C@@H](OC(=O)C1(c3ccccc3)CCCCCC1)C2. The maximum Gasteiger partial charge on any atom is 0.317 e. The Morgan fingerprint density at radius 3 is 2.42 bits per heavy atom. The third kappa shape index (κ3) is 4.63. The average Bonchev–Trinajstić information content (AvgIpc) is 3.20. The molecule has 4 fully saturated rings. The lowest BCUT2D eigenvalue weighted by Crippen LogP contribution is -2.66. The number of fused-ring (bicyclic) bond motifs is 3. The summed E-state index contributed by atoms with van der Waals surface area (Å²) >= 11 is 0. The van der Waals surface area contributed by atoms with E-state index in [1.54, 1.807) is 6.07 Å². The van der Waals surface area contributed by atoms with Gasteiger partial charge in [-0.15, -0.1) is 0 Å². The first-order valence-corrected chi connectivity index (χ1v) is 12.6. The van der Waals surface area contributed by atoms with Gasteiger partial charge in [0.05, 0.1) is 30.6 Å². The zero-order valence-electron chi connectivity index (χ0n) is 19.4. The molecule has 4 aliphatic rings. The fourth-order valence-electron chi connectivity index (χ4n) is 6.49. The van der Waals surface area contributed by atoms with Crippen LogP contribution >= 0.6 is 0 Å². The van der Waals surface area contributed by atoms with Crippen molar-refractivity contribution in [2.75, 3.05) is 26.2 Å². The lowest BCUT2D eigenvalue weighted by atomic mass is 9.74. The molecular formula is C27H35N2O4+. The Bertz CT molecular complexity index is 940. The molecule has 1 aromatic carbocycles. The van der Waals surface area contributed by atoms with E-state index in [0.29, 0.717) is 24.6 Å². The Morgan fingerprint density at radius 1 is 1.03 bits per heavy atom. The number of ketones is 1. The van der Waals surface area contributed by atoms with E-state index in [0.717, 1.165) is 68.2 Å². The molecule has 2 aromatic rings. The molecule has 6 rings (SSSR count). The van der Waals surface area contributed by atoms with Crippen molar-refractivity contribution < 1.29 is 23.3 Å². The molecule has 1 saturated carbocycles. The van der Waals surface area contributed by atoms with Crippen LogP contribution in [0.1, 0.15) is 62.6 Å². The number of aromatic nitrogens is 1. The quantitative estimate of drug-likeness (QED) is 0.358. The highest BCUT2D eigenvalue weighted by Crippen LogP contribution is 2.42. The fourth-order valence-corrected chi connectivity index (χ4v) is 6.49. The summed E-state index contributed by atoms with van der Waals surface area (Å²) in [5, 5.41) is 3.89. The van der Waals surface area contributed by atoms with E-state index in [9.17, 15) is 9.59 Å². The second kappa shape index (κ2) is 9.41. The van der Waals surface area contributed by atoms with Gasteiger partial charge in [-0.25, -0.2) is 0 Å². The third-order valence-corrected chi connectivity index (χ3v) is 8.36. The van der Waals surface area contributed by atoms with Crippen molar-refractivity contribution >= 4 is 11.8 Å². The highest BCUT2D eigenvalue weighted by molar-refractivity contribution is 5.83. The Hall–Kier alpha value is -2.47. The number of hydrogen-bond donors (Lipinski definition) is 0. The second-order valence-electron chi connectivity index (χ2n) is 10.5. The van der Waals surface area contributed by atoms with Gasteiger partial charge in [-0.05, 0) is 18.4 Å². The number of hydrogen-bond acceptors (Lipinski definition) is 5. The monoisotopic (exact) mass is 451 g/mol. The summed E-state index contributed by atoms with van der Waals surface area (Å²) in [7, 11) is 0. The van der Waals surface area contributed by atoms with Crippen LogP contribution in [0.15, 0.2) is 47.2 Å². The smallest absolute Gasteiger partial charge is 0.317 e. The molecule has 1 aliphatic carbocycles. The minimum absolute atomic E-state index is 0.0403. The van der Waals surface area contributed by atoms with Crippen molar-refractivity contribution in [3.8, 4) is 0 Å². The first-order valence-electron chi connectivity index (χ1n) is 12.6. The van der Waals surface area contributed by atoms with Gasteiger partial charge in [0, 0.05) is 24.8 Å². The number of nitrogens with zero attached hydrogens (tertiary/aromatic N) is 2. The molecule has 1 atom stereocenters. The summed E-state index contributed by atoms with van der Waals surface area (Å²) in [5.74, 6) is 0.554. The normalized spacial score (nSPS) is 28.7. The van der Waals surface area contributed by atoms with Crippen molar-refractivity contribution in [3.05, 3.63) is 53.9 Å². The van der Waals surface area contributed by atoms with Crippen molar-refractivity contribution in [2.45, 2.75) is 69.3 Å². The van der Waals surface area contributed by atoms with E-state index < -0.39 is 5.41 Å². The second-order valence-corrected chi connectivity index (χ2v) is 10.5. The number of quaternary nitrogens is 1. The van der Waals surface area contributed by atoms with Gasteiger partial charge in [0.2, 0.25) is 0 Å². The predicted octanol–water partition coefficient (Wildman–Crippen LogP) is 4.23. The molecule has 6 nitrogen and oxygen atoms in total. The van der Waals surface area contributed by atoms with Crippen LogP contribution in [0.25, 0.3) is 0 Å². The molecule has 0 radical (unpaired) electrons. The molecule has 6 heteroatoms. The van der Waals surface area contributed by atoms with Crippen LogP contribution in [0.5, 0.6) is 0 Å². The van der Waals surface area contributed by atoms with Crippen LogP contribution in [0.4, 0.5) is 0 Å². The molecule has 3 aliphatic heterocycles. The van der Waals surface area contributed by atoms with Crippen LogP contribution in [0.3, 0.4) is 0 Å². The molecular weight excluding hydrogens is 416 g/mol. The van der Waals surface area contributed by atoms with Crippen molar-refractivity contribution in [1.82, 2.24) is 5.16 Å². The molecule has 33 heavy (non-hydrogen) atoms. The van der Waals surface area contributed by atoms with Gasteiger partial charge in [-0.2, -0.15) is 0 Å². The predicted molar refractivity (Wildman–Crippen MR) is 123 cm³/mol. The Labute approximate surface area is 195 Å². The average molecular weight is 452 g/mol. The lowest BCUT2D eigenvalue weighted by Gasteiger charge is -2.52. The van der Waals surface area contributed by atoms with Gasteiger partial charge in [0.1, 0.15) is 19.4 Å². The number of ether oxygens (including phenoxy) is 1. The highest BCUT2D eigenvalue weighted by atomic mass is 16.5. The van der Waals surface area contributed by atoms with E-state index in [2.05, 4.69) is 17.3 Å². The molecule has 4 heterocycles. The first kappa shape index (κ1) is 22.3. The molecule has 0 N–H and O–H groups in total. The summed E-state index contributed by atoms with van der Waals surface area (Å²) in [6, 6.07) is 12.0. The molecule has 0 spiro atoms. The molecule has 3 saturated heterocycles. The van der Waals surface area contributed by atoms with Gasteiger partial charge in [-0.1, -0.05) is 61.2 Å². The Balaban J connectivity index is 1.31. The van der Waals surface area contributed by atoms with E-state index in [1.807, 2.05) is 18.2 Å². The summed E-state index contributed by atoms with van der Waals surface area (Å²) in [5.41, 5.74) is 1.26. The molecule has 0 unspecified atom stereocenters. The Kier molecular flexibility index (Phi) is 6.37. The van der Waals surface area contributed by atoms with E-state index >= 15 is 0 Å². The number of esters is 1. The minimum Gasteiger partial charge on any atom is -0.455 e. The number of piperidine rings is 3. The van der Waals surface area contributed by atoms with Crippen LogP contribution < -0.4 is 0 Å². The van der Waals surface area contributed by atoms with E-state index in [1.165, 1.54) is 19.1 Å². The van der Waals surface area contributed by atoms with Gasteiger partial charge in [0.15, 0.2) is 11.9 Å². The molecule has 0 amide bonds.